The number of anilines is 1. The van der Waals surface area contributed by atoms with E-state index in [1.807, 2.05) is 5.48 Å². The molecule has 0 aliphatic heterocycles. The van der Waals surface area contributed by atoms with Gasteiger partial charge in [-0.25, -0.2) is 32.5 Å². The van der Waals surface area contributed by atoms with Crippen molar-refractivity contribution < 1.29 is 30.6 Å². The number of rotatable bonds is 8. The van der Waals surface area contributed by atoms with Gasteiger partial charge in [-0.2, -0.15) is 23.6 Å². The minimum atomic E-state index is -2.95. The summed E-state index contributed by atoms with van der Waals surface area (Å²) in [4.78, 5) is 22.5. The van der Waals surface area contributed by atoms with Gasteiger partial charge in [0.15, 0.2) is 0 Å². The number of hydrogen-bond donors (Lipinski definition) is 2. The predicted octanol–water partition coefficient (Wildman–Crippen LogP) is 1.72. The van der Waals surface area contributed by atoms with Crippen molar-refractivity contribution in [2.45, 2.75) is 30.1 Å². The van der Waals surface area contributed by atoms with Crippen molar-refractivity contribution in [3.05, 3.63) is 35.4 Å². The number of hydroxylamine groups is 3. The molecule has 1 heterocycles. The lowest BCUT2D eigenvalue weighted by Gasteiger charge is -2.13. The first-order valence-corrected chi connectivity index (χ1v) is 10.3. The number of aryl methyl sites for hydroxylation is 2. The second-order valence-corrected chi connectivity index (χ2v) is 7.95. The molecule has 2 atom stereocenters. The smallest absolute Gasteiger partial charge is 0.274 e. The molecule has 1 aromatic carbocycles. The minimum Gasteiger partial charge on any atom is -0.274 e. The molecule has 2 aromatic rings. The van der Waals surface area contributed by atoms with Gasteiger partial charge in [0.05, 0.1) is 9.79 Å². The van der Waals surface area contributed by atoms with Crippen LogP contribution >= 0.6 is 0 Å². The maximum atomic E-state index is 12.7. The summed E-state index contributed by atoms with van der Waals surface area (Å²) in [6.45, 7) is 3.08. The van der Waals surface area contributed by atoms with E-state index in [4.69, 9.17) is 8.57 Å². The van der Waals surface area contributed by atoms with Gasteiger partial charge in [0.25, 0.3) is 6.43 Å². The first kappa shape index (κ1) is 23.8. The first-order valence-electron chi connectivity index (χ1n) is 8.11. The van der Waals surface area contributed by atoms with Crippen LogP contribution < -0.4 is 10.8 Å². The summed E-state index contributed by atoms with van der Waals surface area (Å²) in [7, 11) is 3.05. The van der Waals surface area contributed by atoms with Crippen LogP contribution in [0.1, 0.15) is 23.6 Å². The summed E-state index contributed by atoms with van der Waals surface area (Å²) in [6, 6.07) is 3.43. The molecule has 0 fully saturated rings. The Morgan fingerprint density at radius 3 is 2.43 bits per heavy atom. The van der Waals surface area contributed by atoms with Crippen LogP contribution in [0.5, 0.6) is 0 Å². The lowest BCUT2D eigenvalue weighted by molar-refractivity contribution is 0.0135. The van der Waals surface area contributed by atoms with Gasteiger partial charge < -0.3 is 0 Å². The van der Waals surface area contributed by atoms with Crippen molar-refractivity contribution in [3.63, 3.8) is 0 Å². The average molecular weight is 464 g/mol. The van der Waals surface area contributed by atoms with Crippen molar-refractivity contribution in [1.29, 1.82) is 0 Å². The fourth-order valence-electron chi connectivity index (χ4n) is 1.96. The molecule has 11 nitrogen and oxygen atoms in total. The van der Waals surface area contributed by atoms with Crippen LogP contribution in [-0.2, 0) is 30.7 Å². The topological polar surface area (TPSA) is 136 Å². The second kappa shape index (κ2) is 10.5. The lowest BCUT2D eigenvalue weighted by atomic mass is 10.2. The van der Waals surface area contributed by atoms with E-state index in [0.717, 1.165) is 5.56 Å². The van der Waals surface area contributed by atoms with Crippen molar-refractivity contribution in [3.8, 4) is 0 Å². The highest BCUT2D eigenvalue weighted by Crippen LogP contribution is 2.21. The number of benzene rings is 1. The van der Waals surface area contributed by atoms with Crippen LogP contribution in [0, 0.1) is 13.8 Å². The number of urea groups is 1. The van der Waals surface area contributed by atoms with E-state index in [1.54, 1.807) is 13.0 Å². The maximum Gasteiger partial charge on any atom is 0.346 e. The van der Waals surface area contributed by atoms with E-state index in [0.29, 0.717) is 0 Å². The number of nitrogens with one attached hydrogen (secondary N) is 2. The van der Waals surface area contributed by atoms with Crippen LogP contribution in [0.3, 0.4) is 0 Å². The molecule has 0 radical (unpaired) electrons. The zero-order chi connectivity index (χ0) is 22.4. The maximum absolute atomic E-state index is 12.7. The second-order valence-electron chi connectivity index (χ2n) is 5.81. The van der Waals surface area contributed by atoms with Gasteiger partial charge in [0.2, 0.25) is 33.9 Å². The third-order valence-corrected chi connectivity index (χ3v) is 5.28. The third kappa shape index (κ3) is 6.81. The Bertz CT molecular complexity index is 979. The number of nitrogens with zero attached hydrogens (tertiary/aromatic N) is 4. The molecule has 0 aliphatic carbocycles. The van der Waals surface area contributed by atoms with E-state index < -0.39 is 46.4 Å². The van der Waals surface area contributed by atoms with E-state index in [2.05, 4.69) is 20.3 Å². The van der Waals surface area contributed by atoms with E-state index >= 15 is 0 Å². The molecule has 0 aliphatic rings. The molecule has 15 heteroatoms. The summed E-state index contributed by atoms with van der Waals surface area (Å²) in [5.41, 5.74) is 2.56. The molecule has 164 valence electrons. The normalized spacial score (nSPS) is 13.3. The molecular weight excluding hydrogens is 446 g/mol. The summed E-state index contributed by atoms with van der Waals surface area (Å²) >= 11 is -4.25. The Hall–Kier alpha value is -2.46. The molecule has 0 bridgehead atoms. The molecule has 0 saturated heterocycles. The quantitative estimate of drug-likeness (QED) is 0.560. The van der Waals surface area contributed by atoms with Gasteiger partial charge in [0, 0.05) is 14.1 Å². The van der Waals surface area contributed by atoms with Crippen molar-refractivity contribution >= 4 is 34.1 Å². The van der Waals surface area contributed by atoms with Crippen molar-refractivity contribution in [2.75, 3.05) is 19.4 Å². The molecule has 0 spiro atoms. The highest BCUT2D eigenvalue weighted by molar-refractivity contribution is 7.83. The van der Waals surface area contributed by atoms with Gasteiger partial charge in [-0.05, 0) is 31.5 Å². The monoisotopic (exact) mass is 464 g/mol. The van der Waals surface area contributed by atoms with Gasteiger partial charge in [-0.1, -0.05) is 6.07 Å². The van der Waals surface area contributed by atoms with Gasteiger partial charge in [-0.15, -0.1) is 0 Å². The molecular formula is C15H18F2N6O5S2. The highest BCUT2D eigenvalue weighted by atomic mass is 32.2. The van der Waals surface area contributed by atoms with Crippen LogP contribution in [0.2, 0.25) is 0 Å². The summed E-state index contributed by atoms with van der Waals surface area (Å²) in [5, 5.41) is 3.27. The number of amides is 2. The summed E-state index contributed by atoms with van der Waals surface area (Å²) < 4.78 is 60.0. The van der Waals surface area contributed by atoms with Crippen molar-refractivity contribution in [1.82, 2.24) is 25.5 Å². The molecule has 2 rings (SSSR count). The van der Waals surface area contributed by atoms with Gasteiger partial charge >= 0.3 is 6.03 Å². The zero-order valence-electron chi connectivity index (χ0n) is 16.2. The van der Waals surface area contributed by atoms with E-state index in [-0.39, 0.29) is 15.6 Å². The fraction of sp³-hybridized carbons (Fsp3) is 0.333. The van der Waals surface area contributed by atoms with Crippen molar-refractivity contribution in [2.24, 2.45) is 0 Å². The minimum absolute atomic E-state index is 0.00271. The van der Waals surface area contributed by atoms with Crippen LogP contribution in [0.25, 0.3) is 0 Å². The number of hydrogen-bond acceptors (Lipinski definition) is 9. The average Bonchev–Trinajstić information content (AvgIpc) is 2.65. The largest absolute Gasteiger partial charge is 0.346 e. The summed E-state index contributed by atoms with van der Waals surface area (Å²) in [6.07, 6.45) is -2.95. The molecule has 30 heavy (non-hydrogen) atoms. The Morgan fingerprint density at radius 2 is 1.80 bits per heavy atom. The van der Waals surface area contributed by atoms with Crippen LogP contribution in [-0.4, -0.2) is 48.6 Å². The summed E-state index contributed by atoms with van der Waals surface area (Å²) in [5.74, 6) is -1.29. The SMILES string of the molecule is Cc1ccc(S(=O)ONC(=O)Nc2nc(C)nc(C(F)F)n2)c(S(=O)ON(C)C)c1. The fourth-order valence-corrected chi connectivity index (χ4v) is 3.88. The number of carbonyl (C=O) groups is 1. The van der Waals surface area contributed by atoms with Gasteiger partial charge in [-0.3, -0.25) is 5.32 Å². The van der Waals surface area contributed by atoms with Crippen LogP contribution in [0.4, 0.5) is 19.5 Å². The molecule has 2 unspecified atom stereocenters. The Kier molecular flexibility index (Phi) is 8.36. The first-order chi connectivity index (χ1) is 14.1. The molecule has 2 amide bonds. The lowest BCUT2D eigenvalue weighted by Crippen LogP contribution is -2.31. The number of aromatic nitrogens is 3. The van der Waals surface area contributed by atoms with Crippen LogP contribution in [0.15, 0.2) is 28.0 Å². The molecule has 2 N–H and O–H groups in total. The Labute approximate surface area is 175 Å². The predicted molar refractivity (Wildman–Crippen MR) is 102 cm³/mol. The number of halogens is 2. The highest BCUT2D eigenvalue weighted by Gasteiger charge is 2.20. The zero-order valence-corrected chi connectivity index (χ0v) is 17.8. The number of carbonyl (C=O) groups excluding carboxylic acids is 1. The third-order valence-electron chi connectivity index (χ3n) is 3.07. The Morgan fingerprint density at radius 1 is 1.10 bits per heavy atom. The molecule has 0 saturated carbocycles. The van der Waals surface area contributed by atoms with E-state index in [1.165, 1.54) is 38.2 Å². The standard InChI is InChI=1S/C15H18F2N6O5S2/c1-8-5-6-10(11(7-8)30(26)28-23(3)4)29(25)27-22-15(24)21-14-19-9(2)18-13(20-14)12(16)17/h5-7,12H,1-4H3,(H2,18,19,20,21,22,24). The Balaban J connectivity index is 2.07. The van der Waals surface area contributed by atoms with E-state index in [9.17, 15) is 22.0 Å². The van der Waals surface area contributed by atoms with Gasteiger partial charge in [0.1, 0.15) is 5.82 Å². The molecule has 1 aromatic heterocycles. The number of alkyl halides is 2.